The molecule has 1 saturated heterocycles. The van der Waals surface area contributed by atoms with Crippen molar-refractivity contribution < 1.29 is 27.4 Å². The van der Waals surface area contributed by atoms with Gasteiger partial charge in [-0.05, 0) is 62.4 Å². The molecule has 2 aromatic carbocycles. The van der Waals surface area contributed by atoms with E-state index in [0.29, 0.717) is 12.6 Å². The molecule has 1 aliphatic rings. The summed E-state index contributed by atoms with van der Waals surface area (Å²) in [6.45, 7) is 8.42. The van der Waals surface area contributed by atoms with Crippen LogP contribution in [0.4, 0.5) is 13.2 Å². The van der Waals surface area contributed by atoms with Crippen LogP contribution in [-0.4, -0.2) is 48.5 Å². The van der Waals surface area contributed by atoms with Gasteiger partial charge in [-0.25, -0.2) is 0 Å². The Morgan fingerprint density at radius 1 is 1.00 bits per heavy atom. The molecule has 1 heterocycles. The molecule has 180 valence electrons. The van der Waals surface area contributed by atoms with Crippen molar-refractivity contribution in [1.29, 1.82) is 0 Å². The van der Waals surface area contributed by atoms with Crippen molar-refractivity contribution in [1.82, 2.24) is 10.2 Å². The van der Waals surface area contributed by atoms with Crippen molar-refractivity contribution in [3.8, 4) is 16.9 Å². The van der Waals surface area contributed by atoms with E-state index in [-0.39, 0.29) is 11.7 Å². The third kappa shape index (κ3) is 6.95. The molecule has 5 nitrogen and oxygen atoms in total. The maximum atomic E-state index is 12.3. The summed E-state index contributed by atoms with van der Waals surface area (Å²) in [6, 6.07) is 14.2. The Morgan fingerprint density at radius 3 is 2.06 bits per heavy atom. The third-order valence-electron chi connectivity index (χ3n) is 6.03. The highest BCUT2D eigenvalue weighted by atomic mass is 19.4. The van der Waals surface area contributed by atoms with Gasteiger partial charge in [0.2, 0.25) is 0 Å². The van der Waals surface area contributed by atoms with Crippen LogP contribution in [0.5, 0.6) is 5.75 Å². The fraction of sp³-hybridized carbons (Fsp3) is 0.480. The first-order valence-corrected chi connectivity index (χ1v) is 11.2. The number of nitrogens with one attached hydrogen (secondary N) is 1. The van der Waals surface area contributed by atoms with Crippen LogP contribution in [0.3, 0.4) is 0 Å². The highest BCUT2D eigenvalue weighted by molar-refractivity contribution is 5.79. The monoisotopic (exact) mass is 464 g/mol. The zero-order valence-corrected chi connectivity index (χ0v) is 19.2. The average Bonchev–Trinajstić information content (AvgIpc) is 2.78. The summed E-state index contributed by atoms with van der Waals surface area (Å²) < 4.78 is 46.0. The van der Waals surface area contributed by atoms with Crippen molar-refractivity contribution >= 4 is 5.97 Å². The second kappa shape index (κ2) is 10.6. The lowest BCUT2D eigenvalue weighted by molar-refractivity contribution is -0.274. The van der Waals surface area contributed by atoms with Crippen LogP contribution in [0, 0.1) is 0 Å². The first-order chi connectivity index (χ1) is 15.6. The fourth-order valence-electron chi connectivity index (χ4n) is 4.01. The van der Waals surface area contributed by atoms with E-state index in [1.54, 1.807) is 12.1 Å². The molecule has 0 aromatic heterocycles. The van der Waals surface area contributed by atoms with Crippen molar-refractivity contribution in [2.45, 2.75) is 58.1 Å². The number of benzene rings is 2. The molecule has 0 amide bonds. The Bertz CT molecular complexity index is 904. The predicted molar refractivity (Wildman–Crippen MR) is 121 cm³/mol. The molecule has 1 fully saturated rings. The Balaban J connectivity index is 1.48. The first-order valence-electron chi connectivity index (χ1n) is 11.2. The smallest absolute Gasteiger partial charge is 0.465 e. The third-order valence-corrected chi connectivity index (χ3v) is 6.03. The van der Waals surface area contributed by atoms with E-state index in [9.17, 15) is 18.0 Å². The molecule has 2 aromatic rings. The van der Waals surface area contributed by atoms with Gasteiger partial charge in [-0.2, -0.15) is 0 Å². The molecule has 0 atom stereocenters. The summed E-state index contributed by atoms with van der Waals surface area (Å²) in [6.07, 6.45) is -2.79. The number of carbonyl (C=O) groups is 1. The summed E-state index contributed by atoms with van der Waals surface area (Å²) in [4.78, 5) is 14.4. The molecule has 8 heteroatoms. The van der Waals surface area contributed by atoms with Crippen LogP contribution in [0.1, 0.15) is 39.2 Å². The minimum atomic E-state index is -4.69. The van der Waals surface area contributed by atoms with Crippen LogP contribution in [0.2, 0.25) is 0 Å². The van der Waals surface area contributed by atoms with Crippen LogP contribution in [0.25, 0.3) is 11.1 Å². The Kier molecular flexibility index (Phi) is 8.02. The van der Waals surface area contributed by atoms with Crippen LogP contribution >= 0.6 is 0 Å². The number of rotatable bonds is 8. The van der Waals surface area contributed by atoms with Gasteiger partial charge < -0.3 is 14.8 Å². The van der Waals surface area contributed by atoms with E-state index < -0.39 is 11.9 Å². The minimum absolute atomic E-state index is 0.181. The van der Waals surface area contributed by atoms with Crippen molar-refractivity contribution in [2.75, 3.05) is 19.7 Å². The Hall–Kier alpha value is -2.58. The second-order valence-electron chi connectivity index (χ2n) is 8.69. The van der Waals surface area contributed by atoms with Gasteiger partial charge in [0.1, 0.15) is 11.3 Å². The van der Waals surface area contributed by atoms with Crippen LogP contribution in [0.15, 0.2) is 48.5 Å². The number of esters is 1. The van der Waals surface area contributed by atoms with Crippen LogP contribution < -0.4 is 10.1 Å². The van der Waals surface area contributed by atoms with Crippen molar-refractivity contribution in [3.05, 3.63) is 54.1 Å². The summed E-state index contributed by atoms with van der Waals surface area (Å²) in [5.74, 6) is -0.414. The molecule has 1 N–H and O–H groups in total. The van der Waals surface area contributed by atoms with E-state index in [0.717, 1.165) is 49.2 Å². The summed E-state index contributed by atoms with van der Waals surface area (Å²) in [5.41, 5.74) is 2.26. The molecular formula is C25H31F3N2O3. The van der Waals surface area contributed by atoms with Crippen LogP contribution in [-0.2, 0) is 16.1 Å². The number of carbonyl (C=O) groups excluding carboxylic acids is 1. The van der Waals surface area contributed by atoms with Gasteiger partial charge in [-0.1, -0.05) is 36.4 Å². The van der Waals surface area contributed by atoms with E-state index in [1.165, 1.54) is 12.1 Å². The van der Waals surface area contributed by atoms with Gasteiger partial charge in [0, 0.05) is 25.7 Å². The van der Waals surface area contributed by atoms with Gasteiger partial charge in [0.05, 0.1) is 6.61 Å². The summed E-state index contributed by atoms with van der Waals surface area (Å²) in [5, 5.41) is 3.59. The molecule has 1 aliphatic heterocycles. The van der Waals surface area contributed by atoms with Crippen molar-refractivity contribution in [3.63, 3.8) is 0 Å². The molecule has 0 unspecified atom stereocenters. The number of halogens is 3. The molecule has 0 aliphatic carbocycles. The zero-order valence-electron chi connectivity index (χ0n) is 19.2. The van der Waals surface area contributed by atoms with Gasteiger partial charge >= 0.3 is 12.3 Å². The quantitative estimate of drug-likeness (QED) is 0.548. The normalized spacial score (nSPS) is 15.9. The highest BCUT2D eigenvalue weighted by Gasteiger charge is 2.37. The van der Waals surface area contributed by atoms with Gasteiger partial charge in [0.25, 0.3) is 0 Å². The number of likely N-dealkylation sites (tertiary alicyclic amines) is 1. The molecular weight excluding hydrogens is 433 g/mol. The van der Waals surface area contributed by atoms with Gasteiger partial charge in [-0.3, -0.25) is 9.69 Å². The lowest BCUT2D eigenvalue weighted by atomic mass is 9.96. The minimum Gasteiger partial charge on any atom is -0.465 e. The lowest BCUT2D eigenvalue weighted by Gasteiger charge is -2.41. The number of hydrogen-bond acceptors (Lipinski definition) is 5. The Labute approximate surface area is 192 Å². The van der Waals surface area contributed by atoms with E-state index >= 15 is 0 Å². The summed E-state index contributed by atoms with van der Waals surface area (Å²) >= 11 is 0. The van der Waals surface area contributed by atoms with E-state index in [1.807, 2.05) is 45.0 Å². The zero-order chi connectivity index (χ0) is 24.1. The fourth-order valence-corrected chi connectivity index (χ4v) is 4.01. The molecule has 3 rings (SSSR count). The van der Waals surface area contributed by atoms with Gasteiger partial charge in [0.15, 0.2) is 0 Å². The predicted octanol–water partition coefficient (Wildman–Crippen LogP) is 5.15. The molecule has 0 saturated carbocycles. The van der Waals surface area contributed by atoms with Crippen molar-refractivity contribution in [2.24, 2.45) is 0 Å². The number of ether oxygens (including phenoxy) is 2. The average molecular weight is 465 g/mol. The molecule has 0 spiro atoms. The number of nitrogens with zero attached hydrogens (tertiary/aromatic N) is 1. The highest BCUT2D eigenvalue weighted by Crippen LogP contribution is 2.27. The topological polar surface area (TPSA) is 50.8 Å². The second-order valence-corrected chi connectivity index (χ2v) is 8.69. The lowest BCUT2D eigenvalue weighted by Crippen LogP contribution is -2.55. The maximum Gasteiger partial charge on any atom is 0.573 e. The molecule has 33 heavy (non-hydrogen) atoms. The number of piperidine rings is 1. The Morgan fingerprint density at radius 2 is 1.55 bits per heavy atom. The molecule has 0 bridgehead atoms. The number of hydrogen-bond donors (Lipinski definition) is 1. The standard InChI is InChI=1S/C25H31F3N2O3/c1-4-32-23(31)24(2,3)30-15-13-21(14-16-30)29-17-18-5-7-19(8-6-18)20-9-11-22(12-10-20)33-25(26,27)28/h5-12,21,29H,4,13-17H2,1-3H3. The maximum absolute atomic E-state index is 12.3. The first kappa shape index (κ1) is 25.1. The SMILES string of the molecule is CCOC(=O)C(C)(C)N1CCC(NCc2ccc(-c3ccc(OC(F)(F)F)cc3)cc2)CC1. The van der Waals surface area contributed by atoms with E-state index in [4.69, 9.17) is 4.74 Å². The number of alkyl halides is 3. The van der Waals surface area contributed by atoms with Gasteiger partial charge in [-0.15, -0.1) is 13.2 Å². The largest absolute Gasteiger partial charge is 0.573 e. The van der Waals surface area contributed by atoms with E-state index in [2.05, 4.69) is 15.0 Å². The molecule has 0 radical (unpaired) electrons. The summed E-state index contributed by atoms with van der Waals surface area (Å²) in [7, 11) is 0.